The second-order valence-corrected chi connectivity index (χ2v) is 5.22. The molecular weight excluding hydrogens is 238 g/mol. The number of oxime groups is 1. The fraction of sp³-hybridized carbons (Fsp3) is 0.455. The molecule has 2 rings (SSSR count). The van der Waals surface area contributed by atoms with Crippen LogP contribution in [0.15, 0.2) is 22.7 Å². The van der Waals surface area contributed by atoms with Crippen molar-refractivity contribution in [3.05, 3.63) is 22.4 Å². The van der Waals surface area contributed by atoms with Gasteiger partial charge in [-0.05, 0) is 24.3 Å². The number of nitrogens with one attached hydrogen (secondary N) is 1. The molecule has 1 heterocycles. The third-order valence-corrected chi connectivity index (χ3v) is 4.12. The predicted octanol–water partition coefficient (Wildman–Crippen LogP) is 1.28. The van der Waals surface area contributed by atoms with Crippen molar-refractivity contribution in [2.45, 2.75) is 25.8 Å². The van der Waals surface area contributed by atoms with Gasteiger partial charge in [0, 0.05) is 4.88 Å². The number of nitrogens with two attached hydrogens (primary N) is 1. The highest BCUT2D eigenvalue weighted by Gasteiger charge is 2.48. The lowest BCUT2D eigenvalue weighted by molar-refractivity contribution is -0.131. The van der Waals surface area contributed by atoms with Crippen LogP contribution in [0.25, 0.3) is 0 Å². The van der Waals surface area contributed by atoms with Crippen LogP contribution in [0.1, 0.15) is 24.1 Å². The van der Waals surface area contributed by atoms with Crippen LogP contribution in [-0.2, 0) is 11.3 Å². The minimum Gasteiger partial charge on any atom is -0.409 e. The van der Waals surface area contributed by atoms with Crippen LogP contribution < -0.4 is 11.1 Å². The van der Waals surface area contributed by atoms with E-state index in [1.807, 2.05) is 17.5 Å². The molecule has 1 aromatic rings. The Balaban J connectivity index is 1.99. The van der Waals surface area contributed by atoms with Gasteiger partial charge >= 0.3 is 0 Å². The minimum absolute atomic E-state index is 0.0208. The van der Waals surface area contributed by atoms with Crippen LogP contribution in [0, 0.1) is 5.41 Å². The molecule has 1 aromatic heterocycles. The summed E-state index contributed by atoms with van der Waals surface area (Å²) in [6.07, 6.45) is 2.24. The first-order chi connectivity index (χ1) is 8.19. The van der Waals surface area contributed by atoms with Gasteiger partial charge in [0.25, 0.3) is 0 Å². The molecule has 0 saturated heterocycles. The van der Waals surface area contributed by atoms with Crippen LogP contribution in [0.3, 0.4) is 0 Å². The van der Waals surface area contributed by atoms with E-state index in [1.54, 1.807) is 11.3 Å². The molecule has 0 spiro atoms. The number of amidine groups is 1. The van der Waals surface area contributed by atoms with E-state index in [1.165, 1.54) is 0 Å². The number of rotatable bonds is 4. The Bertz CT molecular complexity index is 424. The molecule has 1 saturated carbocycles. The molecule has 1 aliphatic carbocycles. The summed E-state index contributed by atoms with van der Waals surface area (Å²) >= 11 is 1.59. The van der Waals surface area contributed by atoms with Crippen LogP contribution >= 0.6 is 11.3 Å². The largest absolute Gasteiger partial charge is 0.409 e. The molecule has 0 aromatic carbocycles. The number of hydrogen-bond donors (Lipinski definition) is 3. The molecule has 92 valence electrons. The van der Waals surface area contributed by atoms with E-state index in [0.29, 0.717) is 19.4 Å². The molecule has 0 atom stereocenters. The molecule has 1 fully saturated rings. The zero-order chi connectivity index (χ0) is 12.3. The first-order valence-electron chi connectivity index (χ1n) is 5.48. The number of amides is 1. The lowest BCUT2D eigenvalue weighted by atomic mass is 9.67. The zero-order valence-electron chi connectivity index (χ0n) is 9.35. The summed E-state index contributed by atoms with van der Waals surface area (Å²) in [4.78, 5) is 13.2. The lowest BCUT2D eigenvalue weighted by Gasteiger charge is -2.38. The van der Waals surface area contributed by atoms with Gasteiger partial charge in [-0.15, -0.1) is 11.3 Å². The topological polar surface area (TPSA) is 87.7 Å². The summed E-state index contributed by atoms with van der Waals surface area (Å²) < 4.78 is 0. The van der Waals surface area contributed by atoms with Gasteiger partial charge in [-0.1, -0.05) is 17.6 Å². The second-order valence-electron chi connectivity index (χ2n) is 4.18. The standard InChI is InChI=1S/C11H15N3O2S/c12-9(14-16)11(4-2-5-11)10(15)13-7-8-3-1-6-17-8/h1,3,6,16H,2,4-5,7H2,(H2,12,14)(H,13,15). The maximum Gasteiger partial charge on any atom is 0.234 e. The second kappa shape index (κ2) is 4.75. The van der Waals surface area contributed by atoms with Gasteiger partial charge in [-0.2, -0.15) is 0 Å². The fourth-order valence-corrected chi connectivity index (χ4v) is 2.62. The predicted molar refractivity (Wildman–Crippen MR) is 65.9 cm³/mol. The lowest BCUT2D eigenvalue weighted by Crippen LogP contribution is -2.53. The molecule has 1 aliphatic rings. The average Bonchev–Trinajstić information content (AvgIpc) is 2.77. The van der Waals surface area contributed by atoms with Crippen LogP contribution in [0.2, 0.25) is 0 Å². The average molecular weight is 253 g/mol. The Morgan fingerprint density at radius 2 is 2.41 bits per heavy atom. The van der Waals surface area contributed by atoms with Crippen molar-refractivity contribution >= 4 is 23.1 Å². The maximum atomic E-state index is 12.1. The fourth-order valence-electron chi connectivity index (χ4n) is 1.98. The van der Waals surface area contributed by atoms with Gasteiger partial charge < -0.3 is 16.3 Å². The van der Waals surface area contributed by atoms with Crippen molar-refractivity contribution in [3.8, 4) is 0 Å². The summed E-state index contributed by atoms with van der Waals surface area (Å²) in [7, 11) is 0. The first kappa shape index (κ1) is 11.9. The van der Waals surface area contributed by atoms with Crippen LogP contribution in [0.5, 0.6) is 0 Å². The first-order valence-corrected chi connectivity index (χ1v) is 6.36. The molecule has 6 heteroatoms. The monoisotopic (exact) mass is 253 g/mol. The minimum atomic E-state index is -0.786. The maximum absolute atomic E-state index is 12.1. The number of hydrogen-bond acceptors (Lipinski definition) is 4. The summed E-state index contributed by atoms with van der Waals surface area (Å²) in [5, 5.41) is 16.5. The van der Waals surface area contributed by atoms with Gasteiger partial charge in [0.1, 0.15) is 5.41 Å². The van der Waals surface area contributed by atoms with E-state index in [-0.39, 0.29) is 11.7 Å². The molecule has 0 unspecified atom stereocenters. The third-order valence-electron chi connectivity index (χ3n) is 3.24. The molecule has 17 heavy (non-hydrogen) atoms. The van der Waals surface area contributed by atoms with Crippen molar-refractivity contribution in [2.24, 2.45) is 16.3 Å². The van der Waals surface area contributed by atoms with E-state index in [2.05, 4.69) is 10.5 Å². The van der Waals surface area contributed by atoms with Gasteiger partial charge in [-0.3, -0.25) is 4.79 Å². The summed E-state index contributed by atoms with van der Waals surface area (Å²) in [6.45, 7) is 0.497. The van der Waals surface area contributed by atoms with Crippen LogP contribution in [0.4, 0.5) is 0 Å². The van der Waals surface area contributed by atoms with E-state index < -0.39 is 5.41 Å². The number of nitrogens with zero attached hydrogens (tertiary/aromatic N) is 1. The van der Waals surface area contributed by atoms with E-state index in [4.69, 9.17) is 10.9 Å². The molecule has 0 aliphatic heterocycles. The van der Waals surface area contributed by atoms with Gasteiger partial charge in [-0.25, -0.2) is 0 Å². The molecule has 5 nitrogen and oxygen atoms in total. The summed E-state index contributed by atoms with van der Waals surface area (Å²) in [5.74, 6) is -0.125. The smallest absolute Gasteiger partial charge is 0.234 e. The molecule has 0 bridgehead atoms. The Hall–Kier alpha value is -1.56. The summed E-state index contributed by atoms with van der Waals surface area (Å²) in [5.41, 5.74) is 4.82. The van der Waals surface area contributed by atoms with Crippen molar-refractivity contribution < 1.29 is 10.0 Å². The third kappa shape index (κ3) is 2.12. The van der Waals surface area contributed by atoms with E-state index in [9.17, 15) is 4.79 Å². The van der Waals surface area contributed by atoms with Crippen molar-refractivity contribution in [3.63, 3.8) is 0 Å². The SMILES string of the molecule is N/C(=N/O)C1(C(=O)NCc2cccs2)CCC1. The Morgan fingerprint density at radius 3 is 2.88 bits per heavy atom. The quantitative estimate of drug-likeness (QED) is 0.327. The Labute approximate surface area is 103 Å². The molecule has 4 N–H and O–H groups in total. The molecule has 1 amide bonds. The number of carbonyl (C=O) groups excluding carboxylic acids is 1. The van der Waals surface area contributed by atoms with Crippen molar-refractivity contribution in [1.82, 2.24) is 5.32 Å². The zero-order valence-corrected chi connectivity index (χ0v) is 10.2. The molecular formula is C11H15N3O2S. The van der Waals surface area contributed by atoms with E-state index >= 15 is 0 Å². The van der Waals surface area contributed by atoms with E-state index in [0.717, 1.165) is 11.3 Å². The number of thiophene rings is 1. The Morgan fingerprint density at radius 1 is 1.65 bits per heavy atom. The highest BCUT2D eigenvalue weighted by atomic mass is 32.1. The highest BCUT2D eigenvalue weighted by Crippen LogP contribution is 2.41. The van der Waals surface area contributed by atoms with Gasteiger partial charge in [0.2, 0.25) is 5.91 Å². The summed E-state index contributed by atoms with van der Waals surface area (Å²) in [6, 6.07) is 3.90. The van der Waals surface area contributed by atoms with Gasteiger partial charge in [0.05, 0.1) is 6.54 Å². The normalized spacial score (nSPS) is 18.5. The van der Waals surface area contributed by atoms with Crippen molar-refractivity contribution in [1.29, 1.82) is 0 Å². The highest BCUT2D eigenvalue weighted by molar-refractivity contribution is 7.09. The van der Waals surface area contributed by atoms with Crippen molar-refractivity contribution in [2.75, 3.05) is 0 Å². The van der Waals surface area contributed by atoms with Crippen LogP contribution in [-0.4, -0.2) is 17.0 Å². The number of carbonyl (C=O) groups is 1. The van der Waals surface area contributed by atoms with Gasteiger partial charge in [0.15, 0.2) is 5.84 Å². The Kier molecular flexibility index (Phi) is 3.33. The molecule has 0 radical (unpaired) electrons.